The molecule has 1 aliphatic heterocycles. The summed E-state index contributed by atoms with van der Waals surface area (Å²) in [5.41, 5.74) is 2.39. The van der Waals surface area contributed by atoms with Gasteiger partial charge in [-0.15, -0.1) is 24.0 Å². The number of anilines is 1. The molecule has 1 saturated heterocycles. The molecule has 1 amide bonds. The first-order valence-electron chi connectivity index (χ1n) is 8.93. The van der Waals surface area contributed by atoms with Crippen LogP contribution in [0.2, 0.25) is 0 Å². The number of rotatable bonds is 5. The van der Waals surface area contributed by atoms with Gasteiger partial charge in [0, 0.05) is 58.4 Å². The van der Waals surface area contributed by atoms with Crippen molar-refractivity contribution >= 4 is 41.5 Å². The number of amides is 1. The average Bonchev–Trinajstić information content (AvgIpc) is 3.06. The Morgan fingerprint density at radius 1 is 1.38 bits per heavy atom. The van der Waals surface area contributed by atoms with Crippen molar-refractivity contribution < 1.29 is 4.79 Å². The number of hydrogen-bond donors (Lipinski definition) is 2. The van der Waals surface area contributed by atoms with Crippen molar-refractivity contribution in [2.45, 2.75) is 32.9 Å². The van der Waals surface area contributed by atoms with Crippen LogP contribution < -0.4 is 15.5 Å². The lowest BCUT2D eigenvalue weighted by Gasteiger charge is -2.20. The maximum absolute atomic E-state index is 12.1. The van der Waals surface area contributed by atoms with Crippen LogP contribution in [0, 0.1) is 5.92 Å². The molecule has 1 aliphatic rings. The molecular formula is C19H32IN5O. The highest BCUT2D eigenvalue weighted by atomic mass is 127. The first-order valence-corrected chi connectivity index (χ1v) is 8.93. The lowest BCUT2D eigenvalue weighted by atomic mass is 10.2. The molecule has 0 spiro atoms. The number of nitrogens with one attached hydrogen (secondary N) is 2. The van der Waals surface area contributed by atoms with Crippen LogP contribution in [0.1, 0.15) is 25.8 Å². The lowest BCUT2D eigenvalue weighted by molar-refractivity contribution is -0.133. The van der Waals surface area contributed by atoms with Gasteiger partial charge in [-0.05, 0) is 24.1 Å². The van der Waals surface area contributed by atoms with E-state index in [1.807, 2.05) is 32.8 Å². The third kappa shape index (κ3) is 6.34. The van der Waals surface area contributed by atoms with Crippen LogP contribution in [0.15, 0.2) is 29.3 Å². The molecule has 1 fully saturated rings. The minimum absolute atomic E-state index is 0. The van der Waals surface area contributed by atoms with E-state index in [2.05, 4.69) is 44.8 Å². The van der Waals surface area contributed by atoms with Crippen LogP contribution in [-0.2, 0) is 11.3 Å². The van der Waals surface area contributed by atoms with Crippen LogP contribution in [0.3, 0.4) is 0 Å². The Morgan fingerprint density at radius 3 is 2.73 bits per heavy atom. The smallest absolute Gasteiger partial charge is 0.225 e. The molecule has 0 aromatic heterocycles. The first kappa shape index (κ1) is 22.5. The van der Waals surface area contributed by atoms with Crippen molar-refractivity contribution in [2.24, 2.45) is 10.9 Å². The summed E-state index contributed by atoms with van der Waals surface area (Å²) < 4.78 is 0. The van der Waals surface area contributed by atoms with Gasteiger partial charge in [0.05, 0.1) is 0 Å². The molecule has 6 nitrogen and oxygen atoms in total. The van der Waals surface area contributed by atoms with Gasteiger partial charge in [-0.25, -0.2) is 0 Å². The molecule has 0 bridgehead atoms. The number of likely N-dealkylation sites (tertiary alicyclic amines) is 1. The highest BCUT2D eigenvalue weighted by molar-refractivity contribution is 14.0. The second-order valence-corrected chi connectivity index (χ2v) is 7.06. The van der Waals surface area contributed by atoms with Gasteiger partial charge in [-0.2, -0.15) is 0 Å². The predicted octanol–water partition coefficient (Wildman–Crippen LogP) is 2.29. The van der Waals surface area contributed by atoms with E-state index in [-0.39, 0.29) is 41.8 Å². The standard InChI is InChI=1S/C19H31N5O.HI/c1-14(2)18(25)24-10-9-16(13-24)22-19(20-3)21-12-15-7-6-8-17(11-15)23(4)5;/h6-8,11,14,16H,9-10,12-13H2,1-5H3,(H2,20,21,22);1H. The van der Waals surface area contributed by atoms with Crippen LogP contribution in [0.5, 0.6) is 0 Å². The van der Waals surface area contributed by atoms with Crippen molar-refractivity contribution in [1.82, 2.24) is 15.5 Å². The second kappa shape index (κ2) is 10.6. The van der Waals surface area contributed by atoms with Crippen LogP contribution in [-0.4, -0.2) is 57.0 Å². The first-order chi connectivity index (χ1) is 11.9. The summed E-state index contributed by atoms with van der Waals surface area (Å²) in [7, 11) is 5.85. The summed E-state index contributed by atoms with van der Waals surface area (Å²) in [6, 6.07) is 8.68. The van der Waals surface area contributed by atoms with Gasteiger partial charge in [0.2, 0.25) is 5.91 Å². The van der Waals surface area contributed by atoms with E-state index in [4.69, 9.17) is 0 Å². The van der Waals surface area contributed by atoms with E-state index in [0.717, 1.165) is 25.5 Å². The molecule has 1 aromatic rings. The summed E-state index contributed by atoms with van der Waals surface area (Å²) in [5, 5.41) is 6.79. The average molecular weight is 473 g/mol. The molecule has 1 aromatic carbocycles. The number of nitrogens with zero attached hydrogens (tertiary/aromatic N) is 3. The molecule has 2 rings (SSSR count). The number of carbonyl (C=O) groups excluding carboxylic acids is 1. The van der Waals surface area contributed by atoms with Gasteiger partial charge in [0.25, 0.3) is 0 Å². The zero-order valence-corrected chi connectivity index (χ0v) is 18.8. The van der Waals surface area contributed by atoms with Crippen LogP contribution >= 0.6 is 24.0 Å². The summed E-state index contributed by atoms with van der Waals surface area (Å²) in [6.45, 7) is 6.17. The van der Waals surface area contributed by atoms with Crippen LogP contribution in [0.25, 0.3) is 0 Å². The maximum Gasteiger partial charge on any atom is 0.225 e. The highest BCUT2D eigenvalue weighted by Crippen LogP contribution is 2.14. The molecule has 1 heterocycles. The highest BCUT2D eigenvalue weighted by Gasteiger charge is 2.27. The summed E-state index contributed by atoms with van der Waals surface area (Å²) in [4.78, 5) is 20.4. The van der Waals surface area contributed by atoms with Gasteiger partial charge >= 0.3 is 0 Å². The molecule has 2 N–H and O–H groups in total. The molecule has 1 atom stereocenters. The van der Waals surface area contributed by atoms with E-state index in [9.17, 15) is 4.79 Å². The number of guanidine groups is 1. The number of hydrogen-bond acceptors (Lipinski definition) is 3. The van der Waals surface area contributed by atoms with Crippen molar-refractivity contribution in [1.29, 1.82) is 0 Å². The Kier molecular flexibility index (Phi) is 9.18. The third-order valence-electron chi connectivity index (χ3n) is 4.45. The van der Waals surface area contributed by atoms with Crippen LogP contribution in [0.4, 0.5) is 5.69 Å². The van der Waals surface area contributed by atoms with Crippen molar-refractivity contribution in [2.75, 3.05) is 39.1 Å². The lowest BCUT2D eigenvalue weighted by Crippen LogP contribution is -2.45. The zero-order valence-electron chi connectivity index (χ0n) is 16.5. The summed E-state index contributed by atoms with van der Waals surface area (Å²) >= 11 is 0. The summed E-state index contributed by atoms with van der Waals surface area (Å²) in [5.74, 6) is 1.06. The second-order valence-electron chi connectivity index (χ2n) is 7.06. The van der Waals surface area contributed by atoms with E-state index in [1.54, 1.807) is 7.05 Å². The molecule has 7 heteroatoms. The van der Waals surface area contributed by atoms with Crippen molar-refractivity contribution in [3.05, 3.63) is 29.8 Å². The van der Waals surface area contributed by atoms with Gasteiger partial charge in [0.15, 0.2) is 5.96 Å². The van der Waals surface area contributed by atoms with E-state index < -0.39 is 0 Å². The Hall–Kier alpha value is -1.51. The molecular weight excluding hydrogens is 441 g/mol. The molecule has 26 heavy (non-hydrogen) atoms. The molecule has 0 radical (unpaired) electrons. The quantitative estimate of drug-likeness (QED) is 0.392. The monoisotopic (exact) mass is 473 g/mol. The van der Waals surface area contributed by atoms with E-state index in [1.165, 1.54) is 11.3 Å². The molecule has 0 saturated carbocycles. The van der Waals surface area contributed by atoms with Gasteiger partial charge < -0.3 is 20.4 Å². The Bertz CT molecular complexity index is 618. The fourth-order valence-corrected chi connectivity index (χ4v) is 2.96. The Labute approximate surface area is 174 Å². The third-order valence-corrected chi connectivity index (χ3v) is 4.45. The van der Waals surface area contributed by atoms with E-state index in [0.29, 0.717) is 6.54 Å². The van der Waals surface area contributed by atoms with Gasteiger partial charge in [0.1, 0.15) is 0 Å². The van der Waals surface area contributed by atoms with Crippen molar-refractivity contribution in [3.8, 4) is 0 Å². The normalized spacial score (nSPS) is 17.1. The molecule has 146 valence electrons. The largest absolute Gasteiger partial charge is 0.378 e. The number of aliphatic imine (C=N–C) groups is 1. The fraction of sp³-hybridized carbons (Fsp3) is 0.579. The van der Waals surface area contributed by atoms with Gasteiger partial charge in [-0.1, -0.05) is 26.0 Å². The minimum Gasteiger partial charge on any atom is -0.378 e. The van der Waals surface area contributed by atoms with E-state index >= 15 is 0 Å². The number of halogens is 1. The topological polar surface area (TPSA) is 60.0 Å². The fourth-order valence-electron chi connectivity index (χ4n) is 2.96. The number of benzene rings is 1. The Morgan fingerprint density at radius 2 is 2.12 bits per heavy atom. The molecule has 1 unspecified atom stereocenters. The summed E-state index contributed by atoms with van der Waals surface area (Å²) in [6.07, 6.45) is 0.954. The minimum atomic E-state index is 0. The predicted molar refractivity (Wildman–Crippen MR) is 119 cm³/mol. The Balaban J connectivity index is 0.00000338. The maximum atomic E-state index is 12.1. The van der Waals surface area contributed by atoms with Crippen molar-refractivity contribution in [3.63, 3.8) is 0 Å². The van der Waals surface area contributed by atoms with Gasteiger partial charge in [-0.3, -0.25) is 9.79 Å². The zero-order chi connectivity index (χ0) is 18.4. The molecule has 0 aliphatic carbocycles. The number of carbonyl (C=O) groups is 1. The SMILES string of the molecule is CN=C(NCc1cccc(N(C)C)c1)NC1CCN(C(=O)C(C)C)C1.I.